The van der Waals surface area contributed by atoms with E-state index in [1.54, 1.807) is 17.5 Å². The number of hydrogen-bond donors (Lipinski definition) is 1. The number of imidazole rings is 1. The lowest BCUT2D eigenvalue weighted by Gasteiger charge is -2.06. The summed E-state index contributed by atoms with van der Waals surface area (Å²) in [6.45, 7) is 0. The van der Waals surface area contributed by atoms with E-state index in [-0.39, 0.29) is 11.4 Å². The molecule has 0 unspecified atom stereocenters. The van der Waals surface area contributed by atoms with E-state index in [2.05, 4.69) is 10.3 Å². The summed E-state index contributed by atoms with van der Waals surface area (Å²) in [7, 11) is 0. The predicted octanol–water partition coefficient (Wildman–Crippen LogP) is 3.97. The van der Waals surface area contributed by atoms with Gasteiger partial charge in [-0.2, -0.15) is 13.2 Å². The van der Waals surface area contributed by atoms with E-state index in [1.807, 2.05) is 0 Å². The summed E-state index contributed by atoms with van der Waals surface area (Å²) in [6.07, 6.45) is -0.0734. The summed E-state index contributed by atoms with van der Waals surface area (Å²) in [5.74, 6) is -0.250. The number of carbonyl (C=O) groups is 1. The van der Waals surface area contributed by atoms with Gasteiger partial charge in [0.1, 0.15) is 0 Å². The van der Waals surface area contributed by atoms with Gasteiger partial charge in [-0.1, -0.05) is 6.07 Å². The molecule has 3 rings (SSSR count). The highest BCUT2D eigenvalue weighted by molar-refractivity contribution is 7.12. The minimum Gasteiger partial charge on any atom is -0.326 e. The van der Waals surface area contributed by atoms with E-state index in [0.29, 0.717) is 10.4 Å². The summed E-state index contributed by atoms with van der Waals surface area (Å²) < 4.78 is 39.5. The number of nitrogens with zero attached hydrogens (tertiary/aromatic N) is 2. The second kappa shape index (κ2) is 5.88. The zero-order chi connectivity index (χ0) is 16.4. The number of carbonyl (C=O) groups excluding carboxylic acids is 1. The Balaban J connectivity index is 1.78. The van der Waals surface area contributed by atoms with E-state index in [0.717, 1.165) is 12.1 Å². The first-order valence-electron chi connectivity index (χ1n) is 6.50. The van der Waals surface area contributed by atoms with Gasteiger partial charge < -0.3 is 9.88 Å². The first-order valence-corrected chi connectivity index (χ1v) is 7.38. The Morgan fingerprint density at radius 2 is 2.13 bits per heavy atom. The lowest BCUT2D eigenvalue weighted by Crippen LogP contribution is -2.15. The molecule has 0 aliphatic heterocycles. The van der Waals surface area contributed by atoms with Crippen LogP contribution in [0.4, 0.5) is 13.2 Å². The molecular weight excluding hydrogens is 327 g/mol. The molecule has 2 aromatic heterocycles. The highest BCUT2D eigenvalue weighted by Crippen LogP contribution is 2.31. The average Bonchev–Trinajstić information content (AvgIpc) is 3.15. The monoisotopic (exact) mass is 337 g/mol. The Hall–Kier alpha value is -2.61. The second-order valence-electron chi connectivity index (χ2n) is 4.62. The minimum absolute atomic E-state index is 0.231. The van der Waals surface area contributed by atoms with Crippen LogP contribution in [0.2, 0.25) is 0 Å². The van der Waals surface area contributed by atoms with Gasteiger partial charge in [-0.15, -0.1) is 11.3 Å². The van der Waals surface area contributed by atoms with Gasteiger partial charge in [-0.25, -0.2) is 4.98 Å². The molecule has 0 atom stereocenters. The van der Waals surface area contributed by atoms with E-state index in [4.69, 9.17) is 0 Å². The van der Waals surface area contributed by atoms with Gasteiger partial charge in [0.05, 0.1) is 27.8 Å². The molecule has 0 saturated carbocycles. The molecule has 3 aromatic rings. The van der Waals surface area contributed by atoms with E-state index in [1.165, 1.54) is 40.7 Å². The number of hydrogen-bond acceptors (Lipinski definition) is 3. The third kappa shape index (κ3) is 3.26. The molecule has 23 heavy (non-hydrogen) atoms. The van der Waals surface area contributed by atoms with Crippen LogP contribution in [0.5, 0.6) is 0 Å². The molecule has 0 spiro atoms. The highest BCUT2D eigenvalue weighted by atomic mass is 32.1. The smallest absolute Gasteiger partial charge is 0.326 e. The van der Waals surface area contributed by atoms with Crippen LogP contribution >= 0.6 is 11.3 Å². The van der Waals surface area contributed by atoms with Crippen LogP contribution in [-0.4, -0.2) is 15.5 Å². The lowest BCUT2D eigenvalue weighted by molar-refractivity contribution is -0.137. The Morgan fingerprint density at radius 3 is 2.83 bits per heavy atom. The summed E-state index contributed by atoms with van der Waals surface area (Å²) >= 11 is 1.31. The molecule has 118 valence electrons. The van der Waals surface area contributed by atoms with Gasteiger partial charge in [-0.3, -0.25) is 4.79 Å². The van der Waals surface area contributed by atoms with Crippen molar-refractivity contribution in [2.24, 2.45) is 0 Å². The molecule has 1 amide bonds. The van der Waals surface area contributed by atoms with Crippen LogP contribution in [0.1, 0.15) is 15.2 Å². The maximum Gasteiger partial charge on any atom is 0.416 e. The minimum atomic E-state index is -4.40. The molecular formula is C15H10F3N3OS. The normalized spacial score (nSPS) is 12.1. The predicted molar refractivity (Wildman–Crippen MR) is 81.9 cm³/mol. The Kier molecular flexibility index (Phi) is 3.91. The van der Waals surface area contributed by atoms with Crippen molar-refractivity contribution in [2.45, 2.75) is 6.18 Å². The molecule has 0 saturated heterocycles. The molecule has 1 aromatic carbocycles. The number of nitrogens with one attached hydrogen (secondary N) is 1. The van der Waals surface area contributed by atoms with Crippen molar-refractivity contribution in [1.82, 2.24) is 14.9 Å². The van der Waals surface area contributed by atoms with Gasteiger partial charge >= 0.3 is 6.18 Å². The van der Waals surface area contributed by atoms with Gasteiger partial charge in [0.15, 0.2) is 0 Å². The van der Waals surface area contributed by atoms with Crippen molar-refractivity contribution in [2.75, 3.05) is 0 Å². The van der Waals surface area contributed by atoms with Crippen molar-refractivity contribution in [3.05, 3.63) is 58.7 Å². The summed E-state index contributed by atoms with van der Waals surface area (Å²) in [5.41, 5.74) is -0.00101. The Labute approximate surface area is 132 Å². The third-order valence-electron chi connectivity index (χ3n) is 3.10. The molecule has 2 heterocycles. The van der Waals surface area contributed by atoms with Crippen molar-refractivity contribution in [3.63, 3.8) is 0 Å². The summed E-state index contributed by atoms with van der Waals surface area (Å²) in [4.78, 5) is 16.3. The van der Waals surface area contributed by atoms with Crippen molar-refractivity contribution in [1.29, 1.82) is 0 Å². The molecule has 0 radical (unpaired) electrons. The van der Waals surface area contributed by atoms with Crippen LogP contribution in [0.25, 0.3) is 17.2 Å². The third-order valence-corrected chi connectivity index (χ3v) is 3.97. The van der Waals surface area contributed by atoms with Crippen molar-refractivity contribution >= 4 is 34.5 Å². The Morgan fingerprint density at radius 1 is 1.30 bits per heavy atom. The lowest BCUT2D eigenvalue weighted by atomic mass is 10.2. The molecule has 0 aliphatic carbocycles. The zero-order valence-electron chi connectivity index (χ0n) is 11.5. The van der Waals surface area contributed by atoms with Gasteiger partial charge in [0.25, 0.3) is 5.91 Å². The number of aromatic nitrogens is 2. The second-order valence-corrected chi connectivity index (χ2v) is 5.57. The number of halogens is 3. The molecule has 8 heteroatoms. The molecule has 4 nitrogen and oxygen atoms in total. The first kappa shape index (κ1) is 15.3. The maximum atomic E-state index is 12.7. The molecule has 0 fully saturated rings. The SMILES string of the molecule is O=C(N/C=C/n1cnc2cc(C(F)(F)F)ccc21)c1cccs1. The summed E-state index contributed by atoms with van der Waals surface area (Å²) in [6, 6.07) is 6.79. The standard InChI is InChI=1S/C15H10F3N3OS/c16-15(17,18)10-3-4-12-11(8-10)20-9-21(12)6-5-19-14(22)13-2-1-7-23-13/h1-9H,(H,19,22)/b6-5+. The highest BCUT2D eigenvalue weighted by Gasteiger charge is 2.30. The number of rotatable bonds is 3. The number of benzene rings is 1. The van der Waals surface area contributed by atoms with Crippen LogP contribution < -0.4 is 5.32 Å². The molecule has 0 aliphatic rings. The quantitative estimate of drug-likeness (QED) is 0.786. The maximum absolute atomic E-state index is 12.7. The van der Waals surface area contributed by atoms with Crippen molar-refractivity contribution < 1.29 is 18.0 Å². The van der Waals surface area contributed by atoms with Gasteiger partial charge in [-0.05, 0) is 29.6 Å². The van der Waals surface area contributed by atoms with Crippen LogP contribution in [0.3, 0.4) is 0 Å². The average molecular weight is 337 g/mol. The fourth-order valence-electron chi connectivity index (χ4n) is 2.00. The van der Waals surface area contributed by atoms with E-state index >= 15 is 0 Å². The van der Waals surface area contributed by atoms with Gasteiger partial charge in [0.2, 0.25) is 0 Å². The van der Waals surface area contributed by atoms with Gasteiger partial charge in [0, 0.05) is 12.4 Å². The first-order chi connectivity index (χ1) is 10.9. The summed E-state index contributed by atoms with van der Waals surface area (Å²) in [5, 5.41) is 4.38. The number of thiophene rings is 1. The molecule has 1 N–H and O–H groups in total. The van der Waals surface area contributed by atoms with Crippen LogP contribution in [-0.2, 0) is 6.18 Å². The van der Waals surface area contributed by atoms with Crippen LogP contribution in [0.15, 0.2) is 48.2 Å². The van der Waals surface area contributed by atoms with Crippen LogP contribution in [0, 0.1) is 0 Å². The van der Waals surface area contributed by atoms with Crippen molar-refractivity contribution in [3.8, 4) is 0 Å². The Bertz CT molecular complexity index is 866. The number of fused-ring (bicyclic) bond motifs is 1. The topological polar surface area (TPSA) is 46.9 Å². The van der Waals surface area contributed by atoms with E-state index in [9.17, 15) is 18.0 Å². The van der Waals surface area contributed by atoms with E-state index < -0.39 is 11.7 Å². The fourth-order valence-corrected chi connectivity index (χ4v) is 2.63. The molecule has 0 bridgehead atoms. The largest absolute Gasteiger partial charge is 0.416 e. The number of alkyl halides is 3. The number of amides is 1. The fraction of sp³-hybridized carbons (Fsp3) is 0.0667. The zero-order valence-corrected chi connectivity index (χ0v) is 12.4.